The van der Waals surface area contributed by atoms with Gasteiger partial charge in [0, 0.05) is 0 Å². The monoisotopic (exact) mass is 281 g/mol. The van der Waals surface area contributed by atoms with Crippen molar-refractivity contribution in [1.82, 2.24) is 4.90 Å². The van der Waals surface area contributed by atoms with E-state index in [1.165, 1.54) is 4.90 Å². The van der Waals surface area contributed by atoms with Crippen molar-refractivity contribution in [2.75, 3.05) is 0 Å². The quantitative estimate of drug-likeness (QED) is 0.761. The second-order valence-electron chi connectivity index (χ2n) is 6.22. The maximum absolute atomic E-state index is 12.4. The summed E-state index contributed by atoms with van der Waals surface area (Å²) in [5.41, 5.74) is -1.04. The Morgan fingerprint density at radius 1 is 1.20 bits per heavy atom. The SMILES string of the molecule is CC1(C(=O)O)CCCCC1N1C(=O)C2CCC(O2)C1=O. The number of morpholine rings is 1. The normalized spacial score (nSPS) is 41.0. The van der Waals surface area contributed by atoms with Gasteiger partial charge in [-0.05, 0) is 32.6 Å². The van der Waals surface area contributed by atoms with Crippen LogP contribution in [0.2, 0.25) is 0 Å². The highest BCUT2D eigenvalue weighted by atomic mass is 16.5. The van der Waals surface area contributed by atoms with Crippen molar-refractivity contribution in [3.63, 3.8) is 0 Å². The fraction of sp³-hybridized carbons (Fsp3) is 0.786. The maximum Gasteiger partial charge on any atom is 0.311 e. The van der Waals surface area contributed by atoms with Gasteiger partial charge in [-0.3, -0.25) is 19.3 Å². The number of imide groups is 1. The predicted octanol–water partition coefficient (Wildman–Crippen LogP) is 0.936. The number of fused-ring (bicyclic) bond motifs is 2. The summed E-state index contributed by atoms with van der Waals surface area (Å²) in [6.45, 7) is 1.65. The van der Waals surface area contributed by atoms with E-state index in [9.17, 15) is 19.5 Å². The Hall–Kier alpha value is -1.43. The van der Waals surface area contributed by atoms with Crippen LogP contribution in [-0.2, 0) is 19.1 Å². The molecule has 6 nitrogen and oxygen atoms in total. The number of rotatable bonds is 2. The fourth-order valence-electron chi connectivity index (χ4n) is 3.71. The molecule has 4 unspecified atom stereocenters. The highest BCUT2D eigenvalue weighted by Crippen LogP contribution is 2.42. The average Bonchev–Trinajstić information content (AvgIpc) is 2.86. The molecule has 2 saturated heterocycles. The molecule has 1 N–H and O–H groups in total. The van der Waals surface area contributed by atoms with Crippen LogP contribution in [0.25, 0.3) is 0 Å². The molecule has 110 valence electrons. The molecule has 20 heavy (non-hydrogen) atoms. The third-order valence-corrected chi connectivity index (χ3v) is 5.00. The van der Waals surface area contributed by atoms with Crippen LogP contribution in [0.15, 0.2) is 0 Å². The van der Waals surface area contributed by atoms with Crippen LogP contribution in [0.3, 0.4) is 0 Å². The lowest BCUT2D eigenvalue weighted by Crippen LogP contribution is -2.62. The first-order valence-corrected chi connectivity index (χ1v) is 7.21. The van der Waals surface area contributed by atoms with Gasteiger partial charge in [-0.25, -0.2) is 0 Å². The van der Waals surface area contributed by atoms with E-state index in [2.05, 4.69) is 0 Å². The van der Waals surface area contributed by atoms with Gasteiger partial charge in [0.1, 0.15) is 12.2 Å². The molecular weight excluding hydrogens is 262 g/mol. The molecule has 3 aliphatic rings. The Labute approximate surface area is 117 Å². The number of ether oxygens (including phenoxy) is 1. The number of hydrogen-bond donors (Lipinski definition) is 1. The average molecular weight is 281 g/mol. The van der Waals surface area contributed by atoms with Crippen molar-refractivity contribution >= 4 is 17.8 Å². The molecule has 2 heterocycles. The predicted molar refractivity (Wildman–Crippen MR) is 67.7 cm³/mol. The zero-order valence-corrected chi connectivity index (χ0v) is 11.5. The Morgan fingerprint density at radius 3 is 2.35 bits per heavy atom. The minimum absolute atomic E-state index is 0.344. The van der Waals surface area contributed by atoms with Crippen LogP contribution in [0.4, 0.5) is 0 Å². The topological polar surface area (TPSA) is 83.9 Å². The third kappa shape index (κ3) is 1.78. The number of carbonyl (C=O) groups excluding carboxylic acids is 2. The van der Waals surface area contributed by atoms with Crippen molar-refractivity contribution in [2.45, 2.75) is 63.7 Å². The van der Waals surface area contributed by atoms with Crippen LogP contribution >= 0.6 is 0 Å². The molecule has 0 aromatic carbocycles. The fourth-order valence-corrected chi connectivity index (χ4v) is 3.71. The maximum atomic E-state index is 12.4. The van der Waals surface area contributed by atoms with Crippen molar-refractivity contribution in [1.29, 1.82) is 0 Å². The minimum Gasteiger partial charge on any atom is -0.481 e. The van der Waals surface area contributed by atoms with Gasteiger partial charge >= 0.3 is 5.97 Å². The molecule has 0 aromatic heterocycles. The number of aliphatic carboxylic acids is 1. The van der Waals surface area contributed by atoms with E-state index >= 15 is 0 Å². The van der Waals surface area contributed by atoms with Gasteiger partial charge in [0.15, 0.2) is 0 Å². The molecule has 0 aromatic rings. The minimum atomic E-state index is -1.04. The van der Waals surface area contributed by atoms with Crippen molar-refractivity contribution in [3.05, 3.63) is 0 Å². The molecule has 2 bridgehead atoms. The lowest BCUT2D eigenvalue weighted by Gasteiger charge is -2.45. The largest absolute Gasteiger partial charge is 0.481 e. The number of nitrogens with zero attached hydrogens (tertiary/aromatic N) is 1. The molecule has 1 aliphatic carbocycles. The summed E-state index contributed by atoms with van der Waals surface area (Å²) >= 11 is 0. The Bertz CT molecular complexity index is 454. The van der Waals surface area contributed by atoms with Gasteiger partial charge in [-0.1, -0.05) is 12.8 Å². The van der Waals surface area contributed by atoms with E-state index in [1.54, 1.807) is 6.92 Å². The Balaban J connectivity index is 1.95. The molecule has 3 fully saturated rings. The lowest BCUT2D eigenvalue weighted by atomic mass is 9.70. The van der Waals surface area contributed by atoms with Gasteiger partial charge in [0.25, 0.3) is 11.8 Å². The van der Waals surface area contributed by atoms with Crippen LogP contribution in [-0.4, -0.2) is 46.0 Å². The van der Waals surface area contributed by atoms with Gasteiger partial charge in [-0.2, -0.15) is 0 Å². The van der Waals surface area contributed by atoms with Gasteiger partial charge in [0.2, 0.25) is 0 Å². The molecular formula is C14H19NO5. The van der Waals surface area contributed by atoms with E-state index in [0.29, 0.717) is 25.7 Å². The van der Waals surface area contributed by atoms with Gasteiger partial charge < -0.3 is 9.84 Å². The summed E-state index contributed by atoms with van der Waals surface area (Å²) in [4.78, 5) is 37.6. The molecule has 0 radical (unpaired) electrons. The van der Waals surface area contributed by atoms with E-state index in [0.717, 1.165) is 12.8 Å². The number of likely N-dealkylation sites (tertiary alicyclic amines) is 1. The number of hydrogen-bond acceptors (Lipinski definition) is 4. The Kier molecular flexibility index (Phi) is 3.08. The van der Waals surface area contributed by atoms with Crippen molar-refractivity contribution in [2.24, 2.45) is 5.41 Å². The first kappa shape index (κ1) is 13.5. The molecule has 1 saturated carbocycles. The van der Waals surface area contributed by atoms with Gasteiger partial charge in [0.05, 0.1) is 11.5 Å². The molecule has 2 aliphatic heterocycles. The number of carbonyl (C=O) groups is 3. The first-order valence-electron chi connectivity index (χ1n) is 7.21. The third-order valence-electron chi connectivity index (χ3n) is 5.00. The summed E-state index contributed by atoms with van der Waals surface area (Å²) in [5, 5.41) is 9.54. The molecule has 6 heteroatoms. The van der Waals surface area contributed by atoms with Crippen LogP contribution < -0.4 is 0 Å². The van der Waals surface area contributed by atoms with Gasteiger partial charge in [-0.15, -0.1) is 0 Å². The second-order valence-corrected chi connectivity index (χ2v) is 6.22. The molecule has 0 spiro atoms. The Morgan fingerprint density at radius 2 is 1.80 bits per heavy atom. The number of amides is 2. The second kappa shape index (κ2) is 4.55. The number of carboxylic acids is 1. The highest BCUT2D eigenvalue weighted by Gasteiger charge is 2.55. The summed E-state index contributed by atoms with van der Waals surface area (Å²) in [5.74, 6) is -1.62. The van der Waals surface area contributed by atoms with E-state index in [4.69, 9.17) is 4.74 Å². The molecule has 2 amide bonds. The zero-order chi connectivity index (χ0) is 14.5. The van der Waals surface area contributed by atoms with Crippen molar-refractivity contribution < 1.29 is 24.2 Å². The smallest absolute Gasteiger partial charge is 0.311 e. The lowest BCUT2D eigenvalue weighted by molar-refractivity contribution is -0.179. The summed E-state index contributed by atoms with van der Waals surface area (Å²) in [7, 11) is 0. The molecule has 3 rings (SSSR count). The number of carboxylic acid groups (broad SMARTS) is 1. The van der Waals surface area contributed by atoms with Crippen LogP contribution in [0, 0.1) is 5.41 Å². The highest BCUT2D eigenvalue weighted by molar-refractivity contribution is 6.03. The van der Waals surface area contributed by atoms with Crippen LogP contribution in [0.5, 0.6) is 0 Å². The van der Waals surface area contributed by atoms with E-state index < -0.39 is 29.6 Å². The first-order chi connectivity index (χ1) is 9.45. The van der Waals surface area contributed by atoms with E-state index in [1.807, 2.05) is 0 Å². The van der Waals surface area contributed by atoms with Crippen molar-refractivity contribution in [3.8, 4) is 0 Å². The summed E-state index contributed by atoms with van der Waals surface area (Å²) in [6, 6.07) is -0.541. The summed E-state index contributed by atoms with van der Waals surface area (Å²) < 4.78 is 5.38. The zero-order valence-electron chi connectivity index (χ0n) is 11.5. The van der Waals surface area contributed by atoms with E-state index in [-0.39, 0.29) is 11.8 Å². The molecule has 4 atom stereocenters. The summed E-state index contributed by atoms with van der Waals surface area (Å²) in [6.07, 6.45) is 2.74. The standard InChI is InChI=1S/C14H19NO5/c1-14(13(18)19)7-3-2-4-10(14)15-11(16)8-5-6-9(20-8)12(15)17/h8-10H,2-7H2,1H3,(H,18,19). The van der Waals surface area contributed by atoms with Crippen LogP contribution in [0.1, 0.15) is 45.4 Å².